The molecular formula is C23H18FN5O. The van der Waals surface area contributed by atoms with Gasteiger partial charge in [0.2, 0.25) is 0 Å². The summed E-state index contributed by atoms with van der Waals surface area (Å²) in [6, 6.07) is 15.9. The van der Waals surface area contributed by atoms with Crippen LogP contribution in [0.2, 0.25) is 0 Å². The Kier molecular flexibility index (Phi) is 4.42. The Balaban J connectivity index is 1.35. The number of rotatable bonds is 4. The summed E-state index contributed by atoms with van der Waals surface area (Å²) in [6.45, 7) is 2.40. The lowest BCUT2D eigenvalue weighted by molar-refractivity contribution is 0.137. The summed E-state index contributed by atoms with van der Waals surface area (Å²) in [5.41, 5.74) is 3.69. The third-order valence-corrected chi connectivity index (χ3v) is 5.55. The van der Waals surface area contributed by atoms with E-state index >= 15 is 0 Å². The molecule has 1 N–H and O–H groups in total. The second kappa shape index (κ2) is 7.25. The first-order valence-corrected chi connectivity index (χ1v) is 9.68. The van der Waals surface area contributed by atoms with Gasteiger partial charge in [0, 0.05) is 43.0 Å². The van der Waals surface area contributed by atoms with Gasteiger partial charge in [-0.25, -0.2) is 9.37 Å². The first-order chi connectivity index (χ1) is 14.6. The molecule has 0 aliphatic carbocycles. The number of halogens is 1. The predicted molar refractivity (Wildman–Crippen MR) is 110 cm³/mol. The fourth-order valence-electron chi connectivity index (χ4n) is 3.93. The molecule has 148 valence electrons. The molecule has 1 fully saturated rings. The third kappa shape index (κ3) is 3.27. The molecule has 7 heteroatoms. The molecule has 5 rings (SSSR count). The molecule has 1 aliphatic rings. The fourth-order valence-corrected chi connectivity index (χ4v) is 3.93. The molecule has 6 nitrogen and oxygen atoms in total. The molecule has 0 bridgehead atoms. The average Bonchev–Trinajstić information content (AvgIpc) is 3.16. The van der Waals surface area contributed by atoms with E-state index < -0.39 is 0 Å². The number of aromatic nitrogens is 3. The monoisotopic (exact) mass is 399 g/mol. The van der Waals surface area contributed by atoms with E-state index in [0.717, 1.165) is 24.3 Å². The molecular weight excluding hydrogens is 381 g/mol. The minimum absolute atomic E-state index is 0.197. The molecule has 1 aliphatic heterocycles. The molecule has 2 aromatic carbocycles. The first-order valence-electron chi connectivity index (χ1n) is 9.68. The van der Waals surface area contributed by atoms with Crippen molar-refractivity contribution in [2.45, 2.75) is 12.5 Å². The fraction of sp³-hybridized carbons (Fsp3) is 0.174. The standard InChI is InChI=1S/C23H18FN5O/c24-19-7-5-17(6-8-19)22-26-10-21-23(30)27-20(14-29(21)22)13-28-11-18(12-28)16-3-1-15(9-25)2-4-16/h1-8,10,14,18H,11-13H2,(H,27,30). The van der Waals surface area contributed by atoms with Crippen molar-refractivity contribution in [2.24, 2.45) is 0 Å². The van der Waals surface area contributed by atoms with Crippen molar-refractivity contribution in [1.29, 1.82) is 5.26 Å². The minimum Gasteiger partial charge on any atom is -0.322 e. The molecule has 1 saturated heterocycles. The zero-order valence-corrected chi connectivity index (χ0v) is 16.0. The van der Waals surface area contributed by atoms with Crippen molar-refractivity contribution in [2.75, 3.05) is 13.1 Å². The predicted octanol–water partition coefficient (Wildman–Crippen LogP) is 3.30. The van der Waals surface area contributed by atoms with E-state index in [9.17, 15) is 9.18 Å². The van der Waals surface area contributed by atoms with Crippen LogP contribution in [0.15, 0.2) is 65.7 Å². The van der Waals surface area contributed by atoms with E-state index in [1.54, 1.807) is 16.5 Å². The van der Waals surface area contributed by atoms with Crippen LogP contribution in [0.3, 0.4) is 0 Å². The molecule has 0 radical (unpaired) electrons. The van der Waals surface area contributed by atoms with Gasteiger partial charge in [0.1, 0.15) is 17.2 Å². The van der Waals surface area contributed by atoms with Crippen LogP contribution in [0.4, 0.5) is 4.39 Å². The number of benzene rings is 2. The van der Waals surface area contributed by atoms with Crippen molar-refractivity contribution in [3.8, 4) is 17.5 Å². The Morgan fingerprint density at radius 1 is 1.13 bits per heavy atom. The zero-order valence-electron chi connectivity index (χ0n) is 16.0. The highest BCUT2D eigenvalue weighted by Crippen LogP contribution is 2.28. The van der Waals surface area contributed by atoms with Gasteiger partial charge >= 0.3 is 0 Å². The van der Waals surface area contributed by atoms with Gasteiger partial charge in [-0.15, -0.1) is 0 Å². The van der Waals surface area contributed by atoms with Gasteiger partial charge in [-0.1, -0.05) is 12.1 Å². The maximum absolute atomic E-state index is 13.2. The number of aromatic amines is 1. The van der Waals surface area contributed by atoms with E-state index in [1.165, 1.54) is 23.9 Å². The number of H-pyrrole nitrogens is 1. The van der Waals surface area contributed by atoms with Crippen LogP contribution in [-0.4, -0.2) is 32.4 Å². The molecule has 30 heavy (non-hydrogen) atoms. The number of nitrogens with zero attached hydrogens (tertiary/aromatic N) is 4. The SMILES string of the molecule is N#Cc1ccc(C2CN(Cc3cn4c(-c5ccc(F)cc5)ncc4c(=O)[nH]3)C2)cc1. The second-order valence-corrected chi connectivity index (χ2v) is 7.58. The van der Waals surface area contributed by atoms with Crippen molar-refractivity contribution in [3.63, 3.8) is 0 Å². The highest BCUT2D eigenvalue weighted by Gasteiger charge is 2.28. The van der Waals surface area contributed by atoms with E-state index in [-0.39, 0.29) is 11.4 Å². The van der Waals surface area contributed by atoms with Crippen LogP contribution < -0.4 is 5.56 Å². The van der Waals surface area contributed by atoms with Crippen LogP contribution in [-0.2, 0) is 6.54 Å². The summed E-state index contributed by atoms with van der Waals surface area (Å²) in [5, 5.41) is 8.92. The van der Waals surface area contributed by atoms with Crippen LogP contribution in [0.5, 0.6) is 0 Å². The van der Waals surface area contributed by atoms with E-state index in [2.05, 4.69) is 20.9 Å². The van der Waals surface area contributed by atoms with E-state index in [1.807, 2.05) is 30.5 Å². The normalized spacial score (nSPS) is 14.5. The largest absolute Gasteiger partial charge is 0.322 e. The van der Waals surface area contributed by atoms with Gasteiger partial charge in [0.25, 0.3) is 5.56 Å². The highest BCUT2D eigenvalue weighted by molar-refractivity contribution is 5.61. The van der Waals surface area contributed by atoms with Crippen molar-refractivity contribution >= 4 is 5.52 Å². The van der Waals surface area contributed by atoms with E-state index in [0.29, 0.717) is 29.4 Å². The van der Waals surface area contributed by atoms with Gasteiger partial charge in [0.15, 0.2) is 0 Å². The van der Waals surface area contributed by atoms with Gasteiger partial charge in [-0.3, -0.25) is 14.1 Å². The van der Waals surface area contributed by atoms with Gasteiger partial charge in [-0.2, -0.15) is 5.26 Å². The summed E-state index contributed by atoms with van der Waals surface area (Å²) in [7, 11) is 0. The maximum Gasteiger partial charge on any atom is 0.274 e. The third-order valence-electron chi connectivity index (χ3n) is 5.55. The summed E-state index contributed by atoms with van der Waals surface area (Å²) in [6.07, 6.45) is 3.42. The van der Waals surface area contributed by atoms with Crippen molar-refractivity contribution in [1.82, 2.24) is 19.3 Å². The Hall–Kier alpha value is -3.76. The quantitative estimate of drug-likeness (QED) is 0.571. The number of fused-ring (bicyclic) bond motifs is 1. The molecule has 2 aromatic heterocycles. The van der Waals surface area contributed by atoms with E-state index in [4.69, 9.17) is 5.26 Å². The van der Waals surface area contributed by atoms with Crippen LogP contribution in [0.25, 0.3) is 16.9 Å². The summed E-state index contributed by atoms with van der Waals surface area (Å²) < 4.78 is 15.0. The van der Waals surface area contributed by atoms with Crippen LogP contribution in [0.1, 0.15) is 22.7 Å². The van der Waals surface area contributed by atoms with Gasteiger partial charge < -0.3 is 4.98 Å². The Morgan fingerprint density at radius 2 is 1.87 bits per heavy atom. The average molecular weight is 399 g/mol. The summed E-state index contributed by atoms with van der Waals surface area (Å²) in [5.74, 6) is 0.723. The number of hydrogen-bond acceptors (Lipinski definition) is 4. The highest BCUT2D eigenvalue weighted by atomic mass is 19.1. The Labute approximate surface area is 171 Å². The molecule has 0 saturated carbocycles. The lowest BCUT2D eigenvalue weighted by Crippen LogP contribution is -2.44. The van der Waals surface area contributed by atoms with Crippen LogP contribution >= 0.6 is 0 Å². The molecule has 0 unspecified atom stereocenters. The van der Waals surface area contributed by atoms with Gasteiger partial charge in [0.05, 0.1) is 17.8 Å². The smallest absolute Gasteiger partial charge is 0.274 e. The van der Waals surface area contributed by atoms with Crippen molar-refractivity contribution in [3.05, 3.63) is 93.9 Å². The van der Waals surface area contributed by atoms with Gasteiger partial charge in [-0.05, 0) is 42.0 Å². The Bertz CT molecular complexity index is 1310. The number of hydrogen-bond donors (Lipinski definition) is 1. The molecule has 0 spiro atoms. The van der Waals surface area contributed by atoms with Crippen LogP contribution in [0, 0.1) is 17.1 Å². The summed E-state index contributed by atoms with van der Waals surface area (Å²) >= 11 is 0. The molecule has 3 heterocycles. The molecule has 4 aromatic rings. The maximum atomic E-state index is 13.2. The number of nitrogens with one attached hydrogen (secondary N) is 1. The molecule has 0 amide bonds. The Morgan fingerprint density at radius 3 is 2.57 bits per heavy atom. The first kappa shape index (κ1) is 18.3. The molecule has 0 atom stereocenters. The zero-order chi connectivity index (χ0) is 20.7. The minimum atomic E-state index is -0.312. The second-order valence-electron chi connectivity index (χ2n) is 7.58. The number of likely N-dealkylation sites (tertiary alicyclic amines) is 1. The topological polar surface area (TPSA) is 77.2 Å². The lowest BCUT2D eigenvalue weighted by atomic mass is 9.91. The summed E-state index contributed by atoms with van der Waals surface area (Å²) in [4.78, 5) is 22.1. The van der Waals surface area contributed by atoms with Crippen molar-refractivity contribution < 1.29 is 4.39 Å². The number of nitriles is 1. The lowest BCUT2D eigenvalue weighted by Gasteiger charge is -2.39. The number of imidazole rings is 1.